The van der Waals surface area contributed by atoms with Crippen LogP contribution in [0.5, 0.6) is 5.75 Å². The van der Waals surface area contributed by atoms with E-state index in [0.717, 1.165) is 29.2 Å². The fraction of sp³-hybridized carbons (Fsp3) is 0.412. The topological polar surface area (TPSA) is 34.4 Å². The van der Waals surface area contributed by atoms with E-state index in [-0.39, 0.29) is 0 Å². The summed E-state index contributed by atoms with van der Waals surface area (Å²) in [5, 5.41) is 3.97. The van der Waals surface area contributed by atoms with Crippen molar-refractivity contribution in [3.8, 4) is 5.75 Å². The van der Waals surface area contributed by atoms with Gasteiger partial charge in [0, 0.05) is 6.04 Å². The molecular formula is C17H22ClNO2. The Morgan fingerprint density at radius 2 is 2.00 bits per heavy atom. The summed E-state index contributed by atoms with van der Waals surface area (Å²) in [5.41, 5.74) is 2.25. The zero-order valence-corrected chi connectivity index (χ0v) is 13.8. The molecule has 0 bridgehead atoms. The Morgan fingerprint density at radius 3 is 2.71 bits per heavy atom. The van der Waals surface area contributed by atoms with Crippen LogP contribution in [0.3, 0.4) is 0 Å². The maximum absolute atomic E-state index is 6.12. The molecule has 1 aromatic carbocycles. The molecule has 0 fully saturated rings. The zero-order chi connectivity index (χ0) is 15.4. The summed E-state index contributed by atoms with van der Waals surface area (Å²) in [6.45, 7) is 9.39. The lowest BCUT2D eigenvalue weighted by molar-refractivity contribution is 0.264. The maximum atomic E-state index is 6.12. The van der Waals surface area contributed by atoms with Crippen molar-refractivity contribution in [1.82, 2.24) is 5.32 Å². The lowest BCUT2D eigenvalue weighted by Gasteiger charge is -2.08. The largest absolute Gasteiger partial charge is 0.484 e. The monoisotopic (exact) mass is 307 g/mol. The predicted octanol–water partition coefficient (Wildman–Crippen LogP) is 4.63. The molecular weight excluding hydrogens is 286 g/mol. The van der Waals surface area contributed by atoms with Gasteiger partial charge in [-0.25, -0.2) is 0 Å². The van der Waals surface area contributed by atoms with Gasteiger partial charge in [-0.3, -0.25) is 0 Å². The lowest BCUT2D eigenvalue weighted by atomic mass is 10.2. The van der Waals surface area contributed by atoms with Crippen LogP contribution < -0.4 is 10.1 Å². The van der Waals surface area contributed by atoms with Crippen LogP contribution in [0.25, 0.3) is 0 Å². The molecule has 1 N–H and O–H groups in total. The van der Waals surface area contributed by atoms with Gasteiger partial charge in [0.05, 0.1) is 11.6 Å². The highest BCUT2D eigenvalue weighted by molar-refractivity contribution is 6.32. The standard InChI is InChI=1S/C17H22ClNO2/c1-11(2)19-9-17-13(4)8-14(21-17)10-20-16-7-12(3)5-6-15(16)18/h5-8,11,19H,9-10H2,1-4H3. The summed E-state index contributed by atoms with van der Waals surface area (Å²) >= 11 is 6.12. The molecule has 1 aromatic heterocycles. The first-order chi connectivity index (χ1) is 9.95. The molecule has 0 saturated heterocycles. The Morgan fingerprint density at radius 1 is 1.24 bits per heavy atom. The third-order valence-corrected chi connectivity index (χ3v) is 3.51. The SMILES string of the molecule is Cc1ccc(Cl)c(OCc2cc(C)c(CNC(C)C)o2)c1. The second-order valence-corrected chi connectivity index (χ2v) is 5.98. The molecule has 0 atom stereocenters. The number of ether oxygens (including phenoxy) is 1. The van der Waals surface area contributed by atoms with E-state index in [2.05, 4.69) is 19.2 Å². The van der Waals surface area contributed by atoms with Crippen molar-refractivity contribution >= 4 is 11.6 Å². The van der Waals surface area contributed by atoms with E-state index < -0.39 is 0 Å². The first-order valence-corrected chi connectivity index (χ1v) is 7.54. The fourth-order valence-electron chi connectivity index (χ4n) is 2.00. The van der Waals surface area contributed by atoms with Gasteiger partial charge in [-0.15, -0.1) is 0 Å². The number of furan rings is 1. The molecule has 0 aliphatic heterocycles. The van der Waals surface area contributed by atoms with Crippen LogP contribution in [0, 0.1) is 13.8 Å². The Kier molecular flexibility index (Phi) is 5.32. The summed E-state index contributed by atoms with van der Waals surface area (Å²) in [4.78, 5) is 0. The van der Waals surface area contributed by atoms with Crippen molar-refractivity contribution in [2.24, 2.45) is 0 Å². The fourth-order valence-corrected chi connectivity index (χ4v) is 2.18. The summed E-state index contributed by atoms with van der Waals surface area (Å²) in [5.74, 6) is 2.45. The second kappa shape index (κ2) is 7.01. The van der Waals surface area contributed by atoms with Crippen LogP contribution in [-0.4, -0.2) is 6.04 Å². The average Bonchev–Trinajstić information content (AvgIpc) is 2.78. The molecule has 0 saturated carbocycles. The molecule has 114 valence electrons. The van der Waals surface area contributed by atoms with Gasteiger partial charge in [-0.2, -0.15) is 0 Å². The number of hydrogen-bond donors (Lipinski definition) is 1. The molecule has 1 heterocycles. The summed E-state index contributed by atoms with van der Waals surface area (Å²) in [7, 11) is 0. The summed E-state index contributed by atoms with van der Waals surface area (Å²) in [6.07, 6.45) is 0. The summed E-state index contributed by atoms with van der Waals surface area (Å²) < 4.78 is 11.6. The number of rotatable bonds is 6. The second-order valence-electron chi connectivity index (χ2n) is 5.58. The van der Waals surface area contributed by atoms with Crippen LogP contribution in [0.4, 0.5) is 0 Å². The highest BCUT2D eigenvalue weighted by Crippen LogP contribution is 2.26. The Labute approximate surface area is 131 Å². The van der Waals surface area contributed by atoms with Gasteiger partial charge >= 0.3 is 0 Å². The minimum absolute atomic E-state index is 0.381. The lowest BCUT2D eigenvalue weighted by Crippen LogP contribution is -2.21. The quantitative estimate of drug-likeness (QED) is 0.845. The van der Waals surface area contributed by atoms with Crippen molar-refractivity contribution in [1.29, 1.82) is 0 Å². The van der Waals surface area contributed by atoms with Crippen LogP contribution in [0.15, 0.2) is 28.7 Å². The highest BCUT2D eigenvalue weighted by Gasteiger charge is 2.10. The molecule has 2 rings (SSSR count). The van der Waals surface area contributed by atoms with E-state index in [1.54, 1.807) is 0 Å². The minimum Gasteiger partial charge on any atom is -0.484 e. The van der Waals surface area contributed by atoms with E-state index in [4.69, 9.17) is 20.8 Å². The van der Waals surface area contributed by atoms with Gasteiger partial charge in [-0.1, -0.05) is 31.5 Å². The van der Waals surface area contributed by atoms with E-state index in [9.17, 15) is 0 Å². The number of hydrogen-bond acceptors (Lipinski definition) is 3. The average molecular weight is 308 g/mol. The molecule has 0 unspecified atom stereocenters. The van der Waals surface area contributed by atoms with Gasteiger partial charge in [0.15, 0.2) is 0 Å². The van der Waals surface area contributed by atoms with Crippen molar-refractivity contribution in [2.75, 3.05) is 0 Å². The molecule has 0 radical (unpaired) electrons. The van der Waals surface area contributed by atoms with Crippen LogP contribution >= 0.6 is 11.6 Å². The molecule has 21 heavy (non-hydrogen) atoms. The Bertz CT molecular complexity index is 605. The number of halogens is 1. The van der Waals surface area contributed by atoms with Crippen molar-refractivity contribution in [2.45, 2.75) is 46.9 Å². The molecule has 0 amide bonds. The van der Waals surface area contributed by atoms with Crippen molar-refractivity contribution in [3.05, 3.63) is 51.9 Å². The van der Waals surface area contributed by atoms with E-state index in [0.29, 0.717) is 23.4 Å². The molecule has 2 aromatic rings. The van der Waals surface area contributed by atoms with Crippen molar-refractivity contribution < 1.29 is 9.15 Å². The molecule has 0 spiro atoms. The number of nitrogens with one attached hydrogen (secondary N) is 1. The Balaban J connectivity index is 2.00. The van der Waals surface area contributed by atoms with Gasteiger partial charge in [-0.05, 0) is 43.2 Å². The third-order valence-electron chi connectivity index (χ3n) is 3.20. The number of aryl methyl sites for hydroxylation is 2. The normalized spacial score (nSPS) is 11.1. The maximum Gasteiger partial charge on any atom is 0.146 e. The van der Waals surface area contributed by atoms with Gasteiger partial charge in [0.25, 0.3) is 0 Å². The van der Waals surface area contributed by atoms with Crippen LogP contribution in [0.2, 0.25) is 5.02 Å². The number of benzene rings is 1. The molecule has 0 aliphatic carbocycles. The minimum atomic E-state index is 0.381. The van der Waals surface area contributed by atoms with Crippen molar-refractivity contribution in [3.63, 3.8) is 0 Å². The molecule has 0 aliphatic rings. The van der Waals surface area contributed by atoms with Crippen LogP contribution in [0.1, 0.15) is 36.5 Å². The zero-order valence-electron chi connectivity index (χ0n) is 13.0. The van der Waals surface area contributed by atoms with Gasteiger partial charge in [0.1, 0.15) is 23.9 Å². The van der Waals surface area contributed by atoms with Gasteiger partial charge in [0.2, 0.25) is 0 Å². The third kappa shape index (κ3) is 4.51. The molecule has 3 nitrogen and oxygen atoms in total. The van der Waals surface area contributed by atoms with E-state index in [1.165, 1.54) is 0 Å². The Hall–Kier alpha value is -1.45. The predicted molar refractivity (Wildman–Crippen MR) is 85.9 cm³/mol. The summed E-state index contributed by atoms with van der Waals surface area (Å²) in [6, 6.07) is 8.18. The van der Waals surface area contributed by atoms with Gasteiger partial charge < -0.3 is 14.5 Å². The van der Waals surface area contributed by atoms with E-state index >= 15 is 0 Å². The first-order valence-electron chi connectivity index (χ1n) is 7.16. The smallest absolute Gasteiger partial charge is 0.146 e. The van der Waals surface area contributed by atoms with Crippen LogP contribution in [-0.2, 0) is 13.2 Å². The first kappa shape index (κ1) is 15.9. The highest BCUT2D eigenvalue weighted by atomic mass is 35.5. The van der Waals surface area contributed by atoms with E-state index in [1.807, 2.05) is 38.1 Å². The molecule has 4 heteroatoms.